The summed E-state index contributed by atoms with van der Waals surface area (Å²) in [5, 5.41) is 0. The van der Waals surface area contributed by atoms with E-state index in [0.29, 0.717) is 0 Å². The van der Waals surface area contributed by atoms with Gasteiger partial charge in [0.2, 0.25) is 0 Å². The molecule has 0 aliphatic heterocycles. The van der Waals surface area contributed by atoms with Crippen LogP contribution in [-0.4, -0.2) is 3.81 Å². The van der Waals surface area contributed by atoms with Crippen molar-refractivity contribution in [3.63, 3.8) is 0 Å². The van der Waals surface area contributed by atoms with Gasteiger partial charge in [0.25, 0.3) is 0 Å². The first kappa shape index (κ1) is 26.6. The normalized spacial score (nSPS) is 12.9. The number of hydrogen-bond donors (Lipinski definition) is 0. The summed E-state index contributed by atoms with van der Waals surface area (Å²) in [6.45, 7) is 4.17. The van der Waals surface area contributed by atoms with Gasteiger partial charge in [-0.1, -0.05) is 0 Å². The molecule has 0 N–H and O–H groups in total. The third-order valence-corrected chi connectivity index (χ3v) is 4.77. The maximum absolute atomic E-state index is 3.05. The monoisotopic (exact) mass is 442 g/mol. The molecule has 0 spiro atoms. The average Bonchev–Trinajstić information content (AvgIpc) is 3.37. The van der Waals surface area contributed by atoms with Crippen molar-refractivity contribution in [1.82, 2.24) is 0 Å². The van der Waals surface area contributed by atoms with Gasteiger partial charge in [0, 0.05) is 0 Å². The van der Waals surface area contributed by atoms with E-state index in [1.807, 2.05) is 24.3 Å². The third-order valence-electron chi connectivity index (χ3n) is 3.87. The van der Waals surface area contributed by atoms with Crippen LogP contribution >= 0.6 is 0 Å². The van der Waals surface area contributed by atoms with Crippen LogP contribution in [-0.2, 0) is 20.0 Å². The van der Waals surface area contributed by atoms with Gasteiger partial charge in [-0.05, 0) is 0 Å². The van der Waals surface area contributed by atoms with Crippen LogP contribution in [0.1, 0.15) is 37.8 Å². The Morgan fingerprint density at radius 1 is 0.679 bits per heavy atom. The van der Waals surface area contributed by atoms with Crippen molar-refractivity contribution < 1.29 is 44.8 Å². The molecule has 144 valence electrons. The van der Waals surface area contributed by atoms with Crippen molar-refractivity contribution in [2.45, 2.75) is 26.7 Å². The van der Waals surface area contributed by atoms with Crippen LogP contribution in [0.2, 0.25) is 0 Å². The summed E-state index contributed by atoms with van der Waals surface area (Å²) in [6, 6.07) is 20.9. The van der Waals surface area contributed by atoms with E-state index in [4.69, 9.17) is 0 Å². The van der Waals surface area contributed by atoms with Gasteiger partial charge in [0.1, 0.15) is 0 Å². The molecule has 4 rings (SSSR count). The van der Waals surface area contributed by atoms with Crippen LogP contribution in [0.25, 0.3) is 0 Å². The van der Waals surface area contributed by atoms with E-state index in [1.165, 1.54) is 26.1 Å². The summed E-state index contributed by atoms with van der Waals surface area (Å²) in [6.07, 6.45) is 16.5. The van der Waals surface area contributed by atoms with Gasteiger partial charge in [0.05, 0.1) is 0 Å². The summed E-state index contributed by atoms with van der Waals surface area (Å²) in [7, 11) is 0. The maximum atomic E-state index is 3.05. The van der Waals surface area contributed by atoms with Crippen molar-refractivity contribution in [3.8, 4) is 0 Å². The SMILES string of the molecule is CC1=CC[C-]=C1.CC1=CC[C-]=C1.[Cl-].[Cl-].[Ti+2]=[C](c1ccccc1)c1ccccc1. The molecule has 0 nitrogen and oxygen atoms in total. The van der Waals surface area contributed by atoms with E-state index in [1.54, 1.807) is 0 Å². The first-order valence-corrected chi connectivity index (χ1v) is 9.61. The zero-order valence-electron chi connectivity index (χ0n) is 16.3. The molecule has 2 aromatic rings. The van der Waals surface area contributed by atoms with Gasteiger partial charge in [-0.25, -0.2) is 23.3 Å². The van der Waals surface area contributed by atoms with Crippen molar-refractivity contribution in [1.29, 1.82) is 0 Å². The molecule has 0 saturated carbocycles. The van der Waals surface area contributed by atoms with Crippen LogP contribution in [0, 0.1) is 12.2 Å². The second kappa shape index (κ2) is 15.5. The van der Waals surface area contributed by atoms with Gasteiger partial charge in [-0.3, -0.25) is 12.2 Å². The summed E-state index contributed by atoms with van der Waals surface area (Å²) in [4.78, 5) is 0. The zero-order chi connectivity index (χ0) is 18.6. The van der Waals surface area contributed by atoms with Gasteiger partial charge >= 0.3 is 95.6 Å². The van der Waals surface area contributed by atoms with Crippen LogP contribution in [0.15, 0.2) is 96.1 Å². The quantitative estimate of drug-likeness (QED) is 0.460. The Balaban J connectivity index is 0.000000437. The van der Waals surface area contributed by atoms with E-state index >= 15 is 0 Å². The summed E-state index contributed by atoms with van der Waals surface area (Å²) >= 11 is 2.16. The van der Waals surface area contributed by atoms with Crippen LogP contribution in [0.3, 0.4) is 0 Å². The fourth-order valence-electron chi connectivity index (χ4n) is 2.37. The predicted molar refractivity (Wildman–Crippen MR) is 108 cm³/mol. The van der Waals surface area contributed by atoms with E-state index in [-0.39, 0.29) is 24.8 Å². The van der Waals surface area contributed by atoms with E-state index < -0.39 is 0 Å². The topological polar surface area (TPSA) is 0 Å². The van der Waals surface area contributed by atoms with Gasteiger partial charge in [0.15, 0.2) is 0 Å². The third kappa shape index (κ3) is 10.2. The first-order chi connectivity index (χ1) is 12.7. The number of halogens is 2. The molecule has 0 atom stereocenters. The molecule has 2 aliphatic rings. The predicted octanol–water partition coefficient (Wildman–Crippen LogP) is 0.202. The Hall–Kier alpha value is -1.44. The Labute approximate surface area is 193 Å². The molecule has 0 heterocycles. The molecular weight excluding hydrogens is 419 g/mol. The Bertz CT molecular complexity index is 741. The molecule has 2 aromatic carbocycles. The van der Waals surface area contributed by atoms with Gasteiger partial charge < -0.3 is 24.8 Å². The molecule has 3 heteroatoms. The van der Waals surface area contributed by atoms with E-state index in [9.17, 15) is 0 Å². The molecule has 0 fully saturated rings. The van der Waals surface area contributed by atoms with E-state index in [0.717, 1.165) is 12.8 Å². The fourth-order valence-corrected chi connectivity index (χ4v) is 2.89. The number of allylic oxidation sites excluding steroid dienone is 8. The minimum atomic E-state index is 0. The molecule has 0 radical (unpaired) electrons. The fraction of sp³-hybridized carbons (Fsp3) is 0.160. The summed E-state index contributed by atoms with van der Waals surface area (Å²) < 4.78 is 1.33. The molecular formula is C25H24Cl2Ti-2. The summed E-state index contributed by atoms with van der Waals surface area (Å²) in [5.41, 5.74) is 5.27. The van der Waals surface area contributed by atoms with E-state index in [2.05, 4.69) is 107 Å². The van der Waals surface area contributed by atoms with Crippen molar-refractivity contribution in [2.75, 3.05) is 0 Å². The van der Waals surface area contributed by atoms with Crippen molar-refractivity contribution in [2.24, 2.45) is 0 Å². The van der Waals surface area contributed by atoms with Gasteiger partial charge in [-0.15, -0.1) is 26.7 Å². The van der Waals surface area contributed by atoms with Crippen molar-refractivity contribution >= 4 is 3.81 Å². The Kier molecular flexibility index (Phi) is 14.7. The van der Waals surface area contributed by atoms with Crippen LogP contribution < -0.4 is 24.8 Å². The number of hydrogen-bond acceptors (Lipinski definition) is 0. The second-order valence-corrected chi connectivity index (χ2v) is 6.89. The molecule has 0 saturated heterocycles. The number of rotatable bonds is 2. The van der Waals surface area contributed by atoms with Crippen molar-refractivity contribution in [3.05, 3.63) is 119 Å². The summed E-state index contributed by atoms with van der Waals surface area (Å²) in [5.74, 6) is 0. The molecule has 0 bridgehead atoms. The molecule has 2 aliphatic carbocycles. The molecule has 0 unspecified atom stereocenters. The molecule has 0 amide bonds. The Morgan fingerprint density at radius 2 is 1.04 bits per heavy atom. The molecule has 0 aromatic heterocycles. The van der Waals surface area contributed by atoms with Crippen LogP contribution in [0.4, 0.5) is 0 Å². The first-order valence-electron chi connectivity index (χ1n) is 8.83. The zero-order valence-corrected chi connectivity index (χ0v) is 19.3. The van der Waals surface area contributed by atoms with Gasteiger partial charge in [-0.2, -0.15) is 12.2 Å². The number of benzene rings is 2. The Morgan fingerprint density at radius 3 is 1.25 bits per heavy atom. The van der Waals surface area contributed by atoms with Crippen LogP contribution in [0.5, 0.6) is 0 Å². The standard InChI is InChI=1S/C13H10.2C6H7.2ClH.Ti/c1-3-7-12(8-4-1)11-13-9-5-2-6-10-13;2*1-6-4-2-3-5-6;;;/h1-10H;2*4-5H,2H2,1H3;2*1H;/q;2*-1;;;+2/p-2. The second-order valence-electron chi connectivity index (χ2n) is 6.11. The molecule has 28 heavy (non-hydrogen) atoms. The minimum absolute atomic E-state index is 0. The average molecular weight is 443 g/mol.